The van der Waals surface area contributed by atoms with Gasteiger partial charge in [-0.25, -0.2) is 0 Å². The van der Waals surface area contributed by atoms with Crippen molar-refractivity contribution in [3.63, 3.8) is 0 Å². The van der Waals surface area contributed by atoms with Gasteiger partial charge in [0, 0.05) is 0 Å². The summed E-state index contributed by atoms with van der Waals surface area (Å²) in [4.78, 5) is 47.4. The van der Waals surface area contributed by atoms with E-state index in [1.807, 2.05) is 0 Å². The fraction of sp³-hybridized carbons (Fsp3) is 0. The Morgan fingerprint density at radius 3 is 2.18 bits per heavy atom. The molecule has 7 heteroatoms. The number of nitrogens with one attached hydrogen (secondary N) is 1. The molecule has 0 saturated carbocycles. The average Bonchev–Trinajstić information content (AvgIpc) is 1.81. The van der Waals surface area contributed by atoms with Crippen LogP contribution in [0.4, 0.5) is 4.79 Å². The van der Waals surface area contributed by atoms with Gasteiger partial charge >= 0.3 is 60.3 Å². The molecule has 4 N–H and O–H groups in total. The van der Waals surface area contributed by atoms with Crippen molar-refractivity contribution in [3.05, 3.63) is 11.9 Å². The van der Waals surface area contributed by atoms with Crippen LogP contribution < -0.4 is 5.32 Å². The second kappa shape index (κ2) is 1.86. The van der Waals surface area contributed by atoms with Crippen LogP contribution in [0.5, 0.6) is 0 Å². The molecule has 0 aromatic heterocycles. The summed E-state index contributed by atoms with van der Waals surface area (Å²) in [6.07, 6.45) is 0.694. The van der Waals surface area contributed by atoms with Crippen LogP contribution in [0.25, 0.3) is 0 Å². The van der Waals surface area contributed by atoms with Crippen LogP contribution in [0.2, 0.25) is 0 Å². The van der Waals surface area contributed by atoms with Crippen molar-refractivity contribution in [2.75, 3.05) is 0 Å². The molecule has 0 unspecified atom stereocenters. The summed E-state index contributed by atoms with van der Waals surface area (Å²) in [5.74, 6) is -0.361. The molecule has 2 amide bonds. The van der Waals surface area contributed by atoms with Crippen LogP contribution in [0.3, 0.4) is 0 Å². The van der Waals surface area contributed by atoms with Crippen molar-refractivity contribution in [1.82, 2.24) is 5.32 Å². The van der Waals surface area contributed by atoms with Gasteiger partial charge in [0.2, 0.25) is 0 Å². The number of carbonyl (C=O) groups is 2. The molecular formula is C4H6NO5P. The van der Waals surface area contributed by atoms with E-state index in [0.717, 1.165) is 0 Å². The zero-order chi connectivity index (χ0) is 8.72. The number of carbonyl (C=O) groups excluding carboxylic acids is 2. The summed E-state index contributed by atoms with van der Waals surface area (Å²) in [6.45, 7) is 0. The summed E-state index contributed by atoms with van der Waals surface area (Å²) in [5, 5.41) is 1.55. The van der Waals surface area contributed by atoms with E-state index in [2.05, 4.69) is 0 Å². The molecule has 1 rings (SSSR count). The van der Waals surface area contributed by atoms with Gasteiger partial charge in [-0.05, 0) is 0 Å². The van der Waals surface area contributed by atoms with E-state index in [1.165, 1.54) is 0 Å². The summed E-state index contributed by atoms with van der Waals surface area (Å²) < 4.78 is 0. The van der Waals surface area contributed by atoms with Gasteiger partial charge in [0.25, 0.3) is 0 Å². The second-order valence-corrected chi connectivity index (χ2v) is 4.95. The normalized spacial score (nSPS) is 30.3. The molecule has 0 fully saturated rings. The van der Waals surface area contributed by atoms with Gasteiger partial charge in [0.05, 0.1) is 0 Å². The fourth-order valence-electron chi connectivity index (χ4n) is 0.527. The Morgan fingerprint density at radius 1 is 1.27 bits per heavy atom. The zero-order valence-electron chi connectivity index (χ0n) is 5.26. The van der Waals surface area contributed by atoms with Gasteiger partial charge in [-0.2, -0.15) is 0 Å². The van der Waals surface area contributed by atoms with Gasteiger partial charge in [-0.3, -0.25) is 0 Å². The minimum absolute atomic E-state index is 0.423. The third-order valence-electron chi connectivity index (χ3n) is 1.12. The van der Waals surface area contributed by atoms with E-state index in [0.29, 0.717) is 11.9 Å². The summed E-state index contributed by atoms with van der Waals surface area (Å²) >= 11 is 0. The molecule has 1 aliphatic heterocycles. The molecule has 0 radical (unpaired) electrons. The Balaban J connectivity index is 3.14. The molecule has 62 valence electrons. The molecular weight excluding hydrogens is 173 g/mol. The molecule has 0 aromatic carbocycles. The Kier molecular flexibility index (Phi) is 1.40. The van der Waals surface area contributed by atoms with Crippen molar-refractivity contribution >= 4 is 18.8 Å². The molecule has 11 heavy (non-hydrogen) atoms. The number of amides is 2. The third kappa shape index (κ3) is 1.44. The SMILES string of the molecule is O=C1C=CP(O)(O)(O)C(=O)N1. The molecule has 0 bridgehead atoms. The van der Waals surface area contributed by atoms with E-state index in [4.69, 9.17) is 14.7 Å². The maximum absolute atomic E-state index is 10.6. The van der Waals surface area contributed by atoms with Gasteiger partial charge in [-0.15, -0.1) is 0 Å². The summed E-state index contributed by atoms with van der Waals surface area (Å²) in [5.41, 5.74) is -1.46. The van der Waals surface area contributed by atoms with Crippen LogP contribution in [-0.2, 0) is 4.79 Å². The first kappa shape index (κ1) is 8.29. The Bertz CT molecular complexity index is 261. The molecule has 0 aliphatic carbocycles. The Labute approximate surface area is 61.3 Å². The second-order valence-electron chi connectivity index (χ2n) is 2.15. The van der Waals surface area contributed by atoms with E-state index >= 15 is 0 Å². The van der Waals surface area contributed by atoms with Crippen molar-refractivity contribution in [1.29, 1.82) is 0 Å². The zero-order valence-corrected chi connectivity index (χ0v) is 6.15. The van der Waals surface area contributed by atoms with Gasteiger partial charge in [0.1, 0.15) is 0 Å². The molecule has 0 aromatic rings. The first-order chi connectivity index (χ1) is 4.80. The molecule has 0 atom stereocenters. The molecule has 0 saturated heterocycles. The third-order valence-corrected chi connectivity index (χ3v) is 2.71. The fourth-order valence-corrected chi connectivity index (χ4v) is 1.40. The van der Waals surface area contributed by atoms with Gasteiger partial charge in [0.15, 0.2) is 0 Å². The van der Waals surface area contributed by atoms with Crippen molar-refractivity contribution in [3.8, 4) is 0 Å². The van der Waals surface area contributed by atoms with Gasteiger partial charge in [-0.1, -0.05) is 0 Å². The first-order valence-corrected chi connectivity index (χ1v) is 4.78. The van der Waals surface area contributed by atoms with Gasteiger partial charge < -0.3 is 0 Å². The Hall–Kier alpha value is -0.810. The predicted molar refractivity (Wildman–Crippen MR) is 36.3 cm³/mol. The first-order valence-electron chi connectivity index (χ1n) is 2.61. The number of hydrogen-bond acceptors (Lipinski definition) is 5. The topological polar surface area (TPSA) is 107 Å². The molecule has 0 spiro atoms. The van der Waals surface area contributed by atoms with E-state index in [-0.39, 0.29) is 0 Å². The number of rotatable bonds is 0. The van der Waals surface area contributed by atoms with Crippen LogP contribution in [0.15, 0.2) is 11.9 Å². The van der Waals surface area contributed by atoms with Crippen molar-refractivity contribution in [2.45, 2.75) is 0 Å². The van der Waals surface area contributed by atoms with E-state index in [1.54, 1.807) is 5.32 Å². The number of imide groups is 1. The average molecular weight is 179 g/mol. The minimum atomic E-state index is -5.35. The van der Waals surface area contributed by atoms with E-state index < -0.39 is 18.8 Å². The summed E-state index contributed by atoms with van der Waals surface area (Å²) in [6, 6.07) is 0. The Morgan fingerprint density at radius 2 is 1.82 bits per heavy atom. The quantitative estimate of drug-likeness (QED) is 0.358. The molecule has 1 heterocycles. The number of hydrogen-bond donors (Lipinski definition) is 4. The van der Waals surface area contributed by atoms with Crippen LogP contribution in [-0.4, -0.2) is 26.2 Å². The van der Waals surface area contributed by atoms with Crippen LogP contribution in [0.1, 0.15) is 0 Å². The monoisotopic (exact) mass is 179 g/mol. The standard InChI is InChI=1S/C4H6NO5P/c6-3-1-2-11(8,9,10)4(7)5-3/h1-2,8-10H,(H,5,6,7). The van der Waals surface area contributed by atoms with Crippen molar-refractivity contribution < 1.29 is 24.3 Å². The van der Waals surface area contributed by atoms with Crippen LogP contribution >= 0.6 is 7.28 Å². The maximum atomic E-state index is 10.6. The van der Waals surface area contributed by atoms with E-state index in [9.17, 15) is 9.59 Å². The van der Waals surface area contributed by atoms with Crippen LogP contribution in [0, 0.1) is 0 Å². The summed E-state index contributed by atoms with van der Waals surface area (Å²) in [7, 11) is -5.35. The predicted octanol–water partition coefficient (Wildman–Crippen LogP) is -0.975. The van der Waals surface area contributed by atoms with Crippen molar-refractivity contribution in [2.24, 2.45) is 0 Å². The molecule has 6 nitrogen and oxygen atoms in total. The molecule has 1 aliphatic rings.